The van der Waals surface area contributed by atoms with Gasteiger partial charge in [-0.2, -0.15) is 0 Å². The summed E-state index contributed by atoms with van der Waals surface area (Å²) in [4.78, 5) is 0. The normalized spacial score (nSPS) is 22.9. The molecule has 1 aliphatic rings. The zero-order valence-corrected chi connectivity index (χ0v) is 10.9. The van der Waals surface area contributed by atoms with Gasteiger partial charge in [-0.05, 0) is 18.6 Å². The first-order valence-electron chi connectivity index (χ1n) is 5.91. The zero-order valence-electron chi connectivity index (χ0n) is 10.9. The number of benzene rings is 1. The van der Waals surface area contributed by atoms with E-state index >= 15 is 0 Å². The van der Waals surface area contributed by atoms with Crippen LogP contribution >= 0.6 is 0 Å². The number of hydrogen-bond donors (Lipinski definition) is 2. The van der Waals surface area contributed by atoms with Crippen LogP contribution in [0.1, 0.15) is 18.0 Å². The molecule has 2 N–H and O–H groups in total. The van der Waals surface area contributed by atoms with Gasteiger partial charge in [0, 0.05) is 18.2 Å². The minimum Gasteiger partial charge on any atom is -0.493 e. The predicted octanol–water partition coefficient (Wildman–Crippen LogP) is 1.11. The van der Waals surface area contributed by atoms with Gasteiger partial charge in [-0.25, -0.2) is 0 Å². The van der Waals surface area contributed by atoms with E-state index in [0.29, 0.717) is 30.2 Å². The van der Waals surface area contributed by atoms with Gasteiger partial charge in [-0.15, -0.1) is 0 Å². The first-order chi connectivity index (χ1) is 8.71. The van der Waals surface area contributed by atoms with Gasteiger partial charge in [0.15, 0.2) is 11.5 Å². The lowest BCUT2D eigenvalue weighted by atomic mass is 10.0. The van der Waals surface area contributed by atoms with Crippen LogP contribution < -0.4 is 19.5 Å². The second-order valence-corrected chi connectivity index (χ2v) is 4.27. The lowest BCUT2D eigenvalue weighted by Gasteiger charge is -2.19. The maximum absolute atomic E-state index is 9.59. The fourth-order valence-electron chi connectivity index (χ4n) is 2.35. The molecule has 1 heterocycles. The second-order valence-electron chi connectivity index (χ2n) is 4.27. The van der Waals surface area contributed by atoms with Crippen molar-refractivity contribution in [2.24, 2.45) is 0 Å². The third kappa shape index (κ3) is 2.23. The monoisotopic (exact) mass is 253 g/mol. The number of aliphatic hydroxyl groups excluding tert-OH is 1. The van der Waals surface area contributed by atoms with Crippen LogP contribution in [0, 0.1) is 0 Å². The van der Waals surface area contributed by atoms with Crippen molar-refractivity contribution in [2.45, 2.75) is 18.6 Å². The molecular formula is C13H19NO4. The van der Waals surface area contributed by atoms with Crippen LogP contribution in [-0.2, 0) is 0 Å². The topological polar surface area (TPSA) is 60.0 Å². The van der Waals surface area contributed by atoms with Crippen molar-refractivity contribution in [1.29, 1.82) is 0 Å². The molecule has 0 aromatic heterocycles. The summed E-state index contributed by atoms with van der Waals surface area (Å²) in [5.41, 5.74) is 0.978. The first-order valence-corrected chi connectivity index (χ1v) is 5.91. The Morgan fingerprint density at radius 2 is 1.83 bits per heavy atom. The number of rotatable bonds is 4. The number of ether oxygens (including phenoxy) is 3. The third-order valence-electron chi connectivity index (χ3n) is 3.22. The molecule has 0 radical (unpaired) electrons. The van der Waals surface area contributed by atoms with Crippen molar-refractivity contribution in [3.63, 3.8) is 0 Å². The molecule has 2 rings (SSSR count). The zero-order chi connectivity index (χ0) is 13.1. The molecule has 2 unspecified atom stereocenters. The van der Waals surface area contributed by atoms with Gasteiger partial charge >= 0.3 is 0 Å². The molecule has 5 nitrogen and oxygen atoms in total. The number of methoxy groups -OCH3 is 3. The van der Waals surface area contributed by atoms with Crippen molar-refractivity contribution in [2.75, 3.05) is 27.9 Å². The highest BCUT2D eigenvalue weighted by atomic mass is 16.5. The summed E-state index contributed by atoms with van der Waals surface area (Å²) in [6.07, 6.45) is 0.360. The average Bonchev–Trinajstić information content (AvgIpc) is 2.83. The van der Waals surface area contributed by atoms with Gasteiger partial charge in [0.2, 0.25) is 5.75 Å². The van der Waals surface area contributed by atoms with Crippen LogP contribution in [0.15, 0.2) is 12.1 Å². The average molecular weight is 253 g/mol. The number of aliphatic hydroxyl groups is 1. The summed E-state index contributed by atoms with van der Waals surface area (Å²) < 4.78 is 16.0. The van der Waals surface area contributed by atoms with E-state index < -0.39 is 0 Å². The van der Waals surface area contributed by atoms with Crippen molar-refractivity contribution < 1.29 is 19.3 Å². The molecule has 1 aromatic rings. The van der Waals surface area contributed by atoms with E-state index in [0.717, 1.165) is 5.56 Å². The fraction of sp³-hybridized carbons (Fsp3) is 0.538. The SMILES string of the molecule is COc1ccc(C2CC(O)CN2)c(OC)c1OC. The number of hydrogen-bond acceptors (Lipinski definition) is 5. The van der Waals surface area contributed by atoms with Crippen molar-refractivity contribution >= 4 is 0 Å². The molecule has 1 aliphatic heterocycles. The highest BCUT2D eigenvalue weighted by molar-refractivity contribution is 5.56. The predicted molar refractivity (Wildman–Crippen MR) is 67.5 cm³/mol. The molecule has 0 bridgehead atoms. The Labute approximate surface area is 107 Å². The van der Waals surface area contributed by atoms with Crippen molar-refractivity contribution in [3.8, 4) is 17.2 Å². The second kappa shape index (κ2) is 5.46. The molecule has 100 valence electrons. The van der Waals surface area contributed by atoms with Gasteiger partial charge in [-0.3, -0.25) is 0 Å². The summed E-state index contributed by atoms with van der Waals surface area (Å²) in [6.45, 7) is 0.599. The molecule has 5 heteroatoms. The molecule has 2 atom stereocenters. The van der Waals surface area contributed by atoms with Crippen LogP contribution in [0.4, 0.5) is 0 Å². The number of nitrogens with one attached hydrogen (secondary N) is 1. The number of β-amino-alcohol motifs (C(OH)–C–C–N with tert-alkyl or cyclic N) is 1. The largest absolute Gasteiger partial charge is 0.493 e. The van der Waals surface area contributed by atoms with Gasteiger partial charge in [0.1, 0.15) is 0 Å². The lowest BCUT2D eigenvalue weighted by Crippen LogP contribution is -2.15. The lowest BCUT2D eigenvalue weighted by molar-refractivity contribution is 0.193. The van der Waals surface area contributed by atoms with E-state index in [1.54, 1.807) is 21.3 Å². The van der Waals surface area contributed by atoms with Gasteiger partial charge in [-0.1, -0.05) is 0 Å². The third-order valence-corrected chi connectivity index (χ3v) is 3.22. The van der Waals surface area contributed by atoms with Gasteiger partial charge in [0.25, 0.3) is 0 Å². The maximum atomic E-state index is 9.59. The molecular weight excluding hydrogens is 234 g/mol. The summed E-state index contributed by atoms with van der Waals surface area (Å²) in [5.74, 6) is 1.88. The van der Waals surface area contributed by atoms with Gasteiger partial charge < -0.3 is 24.6 Å². The van der Waals surface area contributed by atoms with Crippen LogP contribution in [0.25, 0.3) is 0 Å². The Hall–Kier alpha value is -1.46. The van der Waals surface area contributed by atoms with E-state index in [9.17, 15) is 5.11 Å². The van der Waals surface area contributed by atoms with E-state index in [-0.39, 0.29) is 12.1 Å². The molecule has 1 saturated heterocycles. The summed E-state index contributed by atoms with van der Waals surface area (Å²) in [7, 11) is 4.78. The van der Waals surface area contributed by atoms with Crippen LogP contribution in [-0.4, -0.2) is 39.1 Å². The smallest absolute Gasteiger partial charge is 0.203 e. The Kier molecular flexibility index (Phi) is 3.93. The fourth-order valence-corrected chi connectivity index (χ4v) is 2.35. The van der Waals surface area contributed by atoms with E-state index in [2.05, 4.69) is 5.32 Å². The minimum absolute atomic E-state index is 0.0785. The minimum atomic E-state index is -0.312. The molecule has 0 amide bonds. The standard InChI is InChI=1S/C13H19NO4/c1-16-11-5-4-9(10-6-8(15)7-14-10)12(17-2)13(11)18-3/h4-5,8,10,14-15H,6-7H2,1-3H3. The van der Waals surface area contributed by atoms with Gasteiger partial charge in [0.05, 0.1) is 27.4 Å². The highest BCUT2D eigenvalue weighted by Gasteiger charge is 2.28. The summed E-state index contributed by atoms with van der Waals surface area (Å²) in [5, 5.41) is 12.9. The van der Waals surface area contributed by atoms with Crippen molar-refractivity contribution in [1.82, 2.24) is 5.32 Å². The van der Waals surface area contributed by atoms with E-state index in [1.807, 2.05) is 12.1 Å². The van der Waals surface area contributed by atoms with Crippen molar-refractivity contribution in [3.05, 3.63) is 17.7 Å². The molecule has 0 saturated carbocycles. The Balaban J connectivity index is 2.41. The van der Waals surface area contributed by atoms with Crippen LogP contribution in [0.2, 0.25) is 0 Å². The molecule has 0 aliphatic carbocycles. The quantitative estimate of drug-likeness (QED) is 0.841. The Bertz CT molecular complexity index is 422. The molecule has 1 aromatic carbocycles. The van der Waals surface area contributed by atoms with Crippen LogP contribution in [0.3, 0.4) is 0 Å². The summed E-state index contributed by atoms with van der Waals surface area (Å²) in [6, 6.07) is 3.87. The van der Waals surface area contributed by atoms with Crippen LogP contribution in [0.5, 0.6) is 17.2 Å². The Morgan fingerprint density at radius 3 is 2.33 bits per heavy atom. The maximum Gasteiger partial charge on any atom is 0.203 e. The highest BCUT2D eigenvalue weighted by Crippen LogP contribution is 2.43. The Morgan fingerprint density at radius 1 is 1.11 bits per heavy atom. The molecule has 0 spiro atoms. The molecule has 1 fully saturated rings. The first kappa shape index (κ1) is 13.0. The molecule has 18 heavy (non-hydrogen) atoms. The van der Waals surface area contributed by atoms with E-state index in [4.69, 9.17) is 14.2 Å². The van der Waals surface area contributed by atoms with E-state index in [1.165, 1.54) is 0 Å². The summed E-state index contributed by atoms with van der Waals surface area (Å²) >= 11 is 0.